The maximum atomic E-state index is 7.08. The molecule has 0 unspecified atom stereocenters. The molecule has 2 nitrogen and oxygen atoms in total. The van der Waals surface area contributed by atoms with E-state index in [1.165, 1.54) is 0 Å². The van der Waals surface area contributed by atoms with Gasteiger partial charge in [0.25, 0.3) is 0 Å². The van der Waals surface area contributed by atoms with Crippen molar-refractivity contribution in [1.82, 2.24) is 0 Å². The molecule has 34 valence electrons. The van der Waals surface area contributed by atoms with Crippen LogP contribution >= 0.6 is 0 Å². The molecule has 0 amide bonds. The maximum absolute atomic E-state index is 7.08. The number of rotatable bonds is 0. The van der Waals surface area contributed by atoms with Crippen LogP contribution in [-0.4, -0.2) is 35.4 Å². The van der Waals surface area contributed by atoms with E-state index in [1.807, 2.05) is 0 Å². The molecule has 0 heterocycles. The van der Waals surface area contributed by atoms with Gasteiger partial charge in [-0.25, -0.2) is 0 Å². The molecule has 0 saturated carbocycles. The van der Waals surface area contributed by atoms with E-state index in [0.29, 0.717) is 0 Å². The Balaban J connectivity index is -0.00000000667. The van der Waals surface area contributed by atoms with E-state index < -0.39 is 0 Å². The molecule has 0 aliphatic rings. The Bertz CT molecular complexity index is 32.5. The van der Waals surface area contributed by atoms with Gasteiger partial charge in [0, 0.05) is 0 Å². The molecule has 0 N–H and O–H groups in total. The van der Waals surface area contributed by atoms with Crippen molar-refractivity contribution in [3.05, 3.63) is 5.53 Å². The summed E-state index contributed by atoms with van der Waals surface area (Å²) >= 11 is 0. The molecule has 5 heteroatoms. The van der Waals surface area contributed by atoms with Gasteiger partial charge in [-0.05, 0) is 0 Å². The Morgan fingerprint density at radius 3 is 1.33 bits per heavy atom. The minimum absolute atomic E-state index is 0. The normalized spacial score (nSPS) is 1.33. The van der Waals surface area contributed by atoms with Crippen molar-refractivity contribution in [2.75, 3.05) is 0 Å². The Morgan fingerprint density at radius 2 is 1.33 bits per heavy atom. The molecule has 0 aliphatic heterocycles. The van der Waals surface area contributed by atoms with Gasteiger partial charge >= 0.3 is 23.9 Å². The van der Waals surface area contributed by atoms with E-state index in [2.05, 4.69) is 11.5 Å². The first-order valence-corrected chi connectivity index (χ1v) is 0.516. The van der Waals surface area contributed by atoms with Crippen molar-refractivity contribution in [3.8, 4) is 0 Å². The molecule has 2 radical (unpaired) electrons. The van der Waals surface area contributed by atoms with Crippen LogP contribution in [0.3, 0.4) is 0 Å². The molecule has 0 rings (SSSR count). The molecule has 0 spiro atoms. The van der Waals surface area contributed by atoms with Crippen LogP contribution in [0.2, 0.25) is 0 Å². The molecular weight excluding hydrogens is 230 g/mol. The zero-order chi connectivity index (χ0) is 2.71. The molecule has 0 fully saturated rings. The fourth-order valence-corrected chi connectivity index (χ4v) is 0. The second-order valence-corrected chi connectivity index (χ2v) is 0.141. The standard InChI is InChI=1S/CH2N2.2ClH.Sn/c1-3-2;;;/h1H2;2*1H;/q;;;+2/p-2. The van der Waals surface area contributed by atoms with Crippen LogP contribution in [0.5, 0.6) is 0 Å². The second-order valence-electron chi connectivity index (χ2n) is 0.141. The van der Waals surface area contributed by atoms with E-state index in [-0.39, 0.29) is 48.7 Å². The van der Waals surface area contributed by atoms with Crippen molar-refractivity contribution in [1.29, 1.82) is 0 Å². The van der Waals surface area contributed by atoms with Crippen LogP contribution in [-0.2, 0) is 0 Å². The SMILES string of the molecule is C=[N+]=[N-].[Cl-].[Cl-].[Sn+2]. The molecule has 0 saturated heterocycles. The van der Waals surface area contributed by atoms with E-state index in [9.17, 15) is 0 Å². The minimum Gasteiger partial charge on any atom is -1.00 e. The summed E-state index contributed by atoms with van der Waals surface area (Å²) in [6.45, 7) is 2.67. The first kappa shape index (κ1) is 29.5. The fourth-order valence-electron chi connectivity index (χ4n) is 0. The summed E-state index contributed by atoms with van der Waals surface area (Å²) in [5, 5.41) is 0. The predicted molar refractivity (Wildman–Crippen MR) is 16.5 cm³/mol. The zero-order valence-electron chi connectivity index (χ0n) is 2.86. The van der Waals surface area contributed by atoms with Crippen molar-refractivity contribution in [3.63, 3.8) is 0 Å². The molecule has 0 aliphatic carbocycles. The Hall–Kier alpha value is 0.759. The van der Waals surface area contributed by atoms with Crippen molar-refractivity contribution >= 4 is 30.6 Å². The third kappa shape index (κ3) is 117. The third-order valence-corrected chi connectivity index (χ3v) is 0. The molecule has 0 atom stereocenters. The summed E-state index contributed by atoms with van der Waals surface area (Å²) in [6.07, 6.45) is 0. The summed E-state index contributed by atoms with van der Waals surface area (Å²) in [6, 6.07) is 0. The molecular formula is CH2Cl2N2Sn. The Labute approximate surface area is 65.7 Å². The minimum atomic E-state index is 0. The van der Waals surface area contributed by atoms with Crippen LogP contribution in [0.15, 0.2) is 0 Å². The van der Waals surface area contributed by atoms with E-state index in [0.717, 1.165) is 0 Å². The number of halogens is 2. The molecule has 0 bridgehead atoms. The van der Waals surface area contributed by atoms with E-state index >= 15 is 0 Å². The van der Waals surface area contributed by atoms with Crippen LogP contribution < -0.4 is 24.8 Å². The summed E-state index contributed by atoms with van der Waals surface area (Å²) in [5.41, 5.74) is 7.08. The summed E-state index contributed by atoms with van der Waals surface area (Å²) < 4.78 is 0. The largest absolute Gasteiger partial charge is 2.00 e. The quantitative estimate of drug-likeness (QED) is 0.172. The van der Waals surface area contributed by atoms with Crippen molar-refractivity contribution < 1.29 is 29.6 Å². The van der Waals surface area contributed by atoms with Gasteiger partial charge in [-0.3, -0.25) is 0 Å². The van der Waals surface area contributed by atoms with E-state index in [4.69, 9.17) is 5.53 Å². The van der Waals surface area contributed by atoms with E-state index in [1.54, 1.807) is 0 Å². The Morgan fingerprint density at radius 1 is 1.33 bits per heavy atom. The zero-order valence-corrected chi connectivity index (χ0v) is 7.22. The molecule has 0 aromatic carbocycles. The van der Waals surface area contributed by atoms with Gasteiger partial charge in [-0.1, -0.05) is 0 Å². The monoisotopic (exact) mass is 232 g/mol. The average molecular weight is 232 g/mol. The van der Waals surface area contributed by atoms with Gasteiger partial charge < -0.3 is 30.3 Å². The van der Waals surface area contributed by atoms with Crippen LogP contribution in [0.25, 0.3) is 5.53 Å². The predicted octanol–water partition coefficient (Wildman–Crippen LogP) is -6.46. The molecule has 0 aromatic heterocycles. The average Bonchev–Trinajstić information content (AvgIpc) is 0.918. The van der Waals surface area contributed by atoms with Gasteiger partial charge in [0.05, 0.1) is 0 Å². The van der Waals surface area contributed by atoms with Crippen molar-refractivity contribution in [2.24, 2.45) is 0 Å². The first-order chi connectivity index (χ1) is 1.41. The van der Waals surface area contributed by atoms with Crippen LogP contribution in [0, 0.1) is 0 Å². The third-order valence-electron chi connectivity index (χ3n) is 0. The summed E-state index contributed by atoms with van der Waals surface area (Å²) in [5.74, 6) is 0. The van der Waals surface area contributed by atoms with Gasteiger partial charge in [0.1, 0.15) is 0 Å². The Kier molecular flexibility index (Phi) is 207. The number of hydrogen-bond donors (Lipinski definition) is 0. The smallest absolute Gasteiger partial charge is 1.00 e. The fraction of sp³-hybridized carbons (Fsp3) is 0. The second kappa shape index (κ2) is 42.2. The summed E-state index contributed by atoms with van der Waals surface area (Å²) in [7, 11) is 0. The van der Waals surface area contributed by atoms with Gasteiger partial charge in [0.15, 0.2) is 0 Å². The van der Waals surface area contributed by atoms with Crippen LogP contribution in [0.1, 0.15) is 0 Å². The van der Waals surface area contributed by atoms with Gasteiger partial charge in [0.2, 0.25) is 6.72 Å². The number of nitrogens with zero attached hydrogens (tertiary/aromatic N) is 2. The van der Waals surface area contributed by atoms with Gasteiger partial charge in [-0.15, -0.1) is 0 Å². The van der Waals surface area contributed by atoms with Crippen molar-refractivity contribution in [2.45, 2.75) is 0 Å². The topological polar surface area (TPSA) is 36.4 Å². The molecule has 0 aromatic rings. The maximum Gasteiger partial charge on any atom is 2.00 e. The number of hydrogen-bond acceptors (Lipinski definition) is 0. The van der Waals surface area contributed by atoms with Crippen LogP contribution in [0.4, 0.5) is 0 Å². The summed E-state index contributed by atoms with van der Waals surface area (Å²) in [4.78, 5) is 2.25. The van der Waals surface area contributed by atoms with Gasteiger partial charge in [-0.2, -0.15) is 4.79 Å². The first-order valence-electron chi connectivity index (χ1n) is 0.516. The molecule has 6 heavy (non-hydrogen) atoms.